The zero-order chi connectivity index (χ0) is 19.7. The second-order valence-electron chi connectivity index (χ2n) is 5.37. The quantitative estimate of drug-likeness (QED) is 0.684. The molecule has 1 amide bonds. The van der Waals surface area contributed by atoms with Gasteiger partial charge in [-0.25, -0.2) is 9.36 Å². The lowest BCUT2D eigenvalue weighted by Gasteiger charge is -2.12. The van der Waals surface area contributed by atoms with Gasteiger partial charge in [0.2, 0.25) is 5.95 Å². The smallest absolute Gasteiger partial charge is 0.280 e. The van der Waals surface area contributed by atoms with E-state index in [1.165, 1.54) is 16.8 Å². The molecule has 0 radical (unpaired) electrons. The number of aromatic nitrogens is 6. The molecule has 0 saturated heterocycles. The Morgan fingerprint density at radius 3 is 2.56 bits per heavy atom. The summed E-state index contributed by atoms with van der Waals surface area (Å²) in [5.41, 5.74) is -0.105. The lowest BCUT2D eigenvalue weighted by molar-refractivity contribution is 0.101. The van der Waals surface area contributed by atoms with Gasteiger partial charge in [-0.05, 0) is 35.0 Å². The third kappa shape index (κ3) is 3.66. The van der Waals surface area contributed by atoms with Crippen molar-refractivity contribution >= 4 is 46.7 Å². The fourth-order valence-electron chi connectivity index (χ4n) is 2.31. The highest BCUT2D eigenvalue weighted by Crippen LogP contribution is 2.31. The number of aryl methyl sites for hydroxylation is 2. The zero-order valence-corrected chi connectivity index (χ0v) is 16.3. The van der Waals surface area contributed by atoms with Gasteiger partial charge in [-0.1, -0.05) is 46.0 Å². The average molecular weight is 429 g/mol. The fraction of sp³-hybridized carbons (Fsp3) is 0.200. The van der Waals surface area contributed by atoms with Crippen LogP contribution in [0.2, 0.25) is 15.1 Å². The molecule has 3 aromatic rings. The molecule has 0 aliphatic rings. The lowest BCUT2D eigenvalue weighted by Crippen LogP contribution is -2.29. The van der Waals surface area contributed by atoms with Crippen LogP contribution in [0, 0.1) is 0 Å². The van der Waals surface area contributed by atoms with Crippen LogP contribution in [0.5, 0.6) is 0 Å². The van der Waals surface area contributed by atoms with Crippen LogP contribution in [0.4, 0.5) is 5.95 Å². The van der Waals surface area contributed by atoms with Crippen LogP contribution in [-0.4, -0.2) is 35.9 Å². The standard InChI is InChI=1S/C15H12Cl3N7O2/c1-3-25-14(27)10(7-4-5-8(16)9(17)6-7)11(18)12(21-25)13(26)19-15-20-22-23-24(15)2/h4-6H,3H2,1-2H3,(H,19,20,23,26). The monoisotopic (exact) mass is 427 g/mol. The van der Waals surface area contributed by atoms with E-state index in [1.807, 2.05) is 0 Å². The van der Waals surface area contributed by atoms with E-state index in [0.717, 1.165) is 4.68 Å². The number of hydrogen-bond acceptors (Lipinski definition) is 6. The summed E-state index contributed by atoms with van der Waals surface area (Å²) in [5.74, 6) is -0.565. The van der Waals surface area contributed by atoms with Gasteiger partial charge < -0.3 is 0 Å². The molecule has 0 unspecified atom stereocenters. The highest BCUT2D eigenvalue weighted by molar-refractivity contribution is 6.42. The maximum absolute atomic E-state index is 12.7. The highest BCUT2D eigenvalue weighted by Gasteiger charge is 2.23. The van der Waals surface area contributed by atoms with Gasteiger partial charge in [0.1, 0.15) is 0 Å². The zero-order valence-electron chi connectivity index (χ0n) is 14.1. The predicted octanol–water partition coefficient (Wildman–Crippen LogP) is 2.67. The summed E-state index contributed by atoms with van der Waals surface area (Å²) in [6, 6.07) is 4.63. The predicted molar refractivity (Wildman–Crippen MR) is 101 cm³/mol. The molecule has 1 aromatic carbocycles. The number of halogens is 3. The van der Waals surface area contributed by atoms with Crippen molar-refractivity contribution in [1.82, 2.24) is 30.0 Å². The van der Waals surface area contributed by atoms with Crippen LogP contribution in [0.15, 0.2) is 23.0 Å². The summed E-state index contributed by atoms with van der Waals surface area (Å²) in [6.45, 7) is 1.95. The normalized spacial score (nSPS) is 10.9. The molecule has 9 nitrogen and oxygen atoms in total. The Kier molecular flexibility index (Phi) is 5.45. The molecule has 0 aliphatic carbocycles. The van der Waals surface area contributed by atoms with Crippen molar-refractivity contribution in [3.63, 3.8) is 0 Å². The number of tetrazole rings is 1. The van der Waals surface area contributed by atoms with E-state index in [1.54, 1.807) is 20.0 Å². The van der Waals surface area contributed by atoms with Crippen LogP contribution in [0.3, 0.4) is 0 Å². The first-order chi connectivity index (χ1) is 12.8. The summed E-state index contributed by atoms with van der Waals surface area (Å²) in [6.07, 6.45) is 0. The van der Waals surface area contributed by atoms with Crippen molar-refractivity contribution in [3.05, 3.63) is 49.3 Å². The summed E-state index contributed by atoms with van der Waals surface area (Å²) >= 11 is 18.4. The van der Waals surface area contributed by atoms with Crippen molar-refractivity contribution in [3.8, 4) is 11.1 Å². The van der Waals surface area contributed by atoms with Crippen LogP contribution in [0.1, 0.15) is 17.4 Å². The van der Waals surface area contributed by atoms with Crippen molar-refractivity contribution < 1.29 is 4.79 Å². The highest BCUT2D eigenvalue weighted by atomic mass is 35.5. The first kappa shape index (κ1) is 19.3. The molecule has 0 atom stereocenters. The van der Waals surface area contributed by atoms with E-state index in [0.29, 0.717) is 10.6 Å². The Balaban J connectivity index is 2.15. The van der Waals surface area contributed by atoms with Gasteiger partial charge in [-0.2, -0.15) is 5.10 Å². The number of anilines is 1. The largest absolute Gasteiger partial charge is 0.288 e. The summed E-state index contributed by atoms with van der Waals surface area (Å²) < 4.78 is 2.40. The minimum absolute atomic E-state index is 0.0910. The third-order valence-electron chi connectivity index (χ3n) is 3.66. The van der Waals surface area contributed by atoms with Crippen molar-refractivity contribution in [2.75, 3.05) is 5.32 Å². The molecule has 0 saturated carbocycles. The van der Waals surface area contributed by atoms with E-state index in [9.17, 15) is 9.59 Å². The maximum Gasteiger partial charge on any atom is 0.280 e. The Morgan fingerprint density at radius 2 is 1.96 bits per heavy atom. The Morgan fingerprint density at radius 1 is 1.22 bits per heavy atom. The number of amides is 1. The first-order valence-electron chi connectivity index (χ1n) is 7.63. The number of rotatable bonds is 4. The van der Waals surface area contributed by atoms with Gasteiger partial charge >= 0.3 is 0 Å². The SMILES string of the molecule is CCn1nc(C(=O)Nc2nnnn2C)c(Cl)c(-c2ccc(Cl)c(Cl)c2)c1=O. The Hall–Kier alpha value is -2.49. The van der Waals surface area contributed by atoms with Gasteiger partial charge in [-0.3, -0.25) is 14.9 Å². The molecule has 27 heavy (non-hydrogen) atoms. The minimum atomic E-state index is -0.665. The maximum atomic E-state index is 12.7. The van der Waals surface area contributed by atoms with Gasteiger partial charge in [-0.15, -0.1) is 0 Å². The second kappa shape index (κ2) is 7.63. The Labute approximate surface area is 167 Å². The number of hydrogen-bond donors (Lipinski definition) is 1. The van der Waals surface area contributed by atoms with Gasteiger partial charge in [0.25, 0.3) is 11.5 Å². The molecule has 140 valence electrons. The third-order valence-corrected chi connectivity index (χ3v) is 4.77. The molecule has 2 aromatic heterocycles. The Bertz CT molecular complexity index is 1090. The van der Waals surface area contributed by atoms with Crippen molar-refractivity contribution in [1.29, 1.82) is 0 Å². The van der Waals surface area contributed by atoms with E-state index in [-0.39, 0.29) is 33.8 Å². The molecular formula is C15H12Cl3N7O2. The number of carbonyl (C=O) groups is 1. The lowest BCUT2D eigenvalue weighted by atomic mass is 10.1. The fourth-order valence-corrected chi connectivity index (χ4v) is 2.92. The number of nitrogens with zero attached hydrogens (tertiary/aromatic N) is 6. The summed E-state index contributed by atoms with van der Waals surface area (Å²) in [5, 5.41) is 17.7. The second-order valence-corrected chi connectivity index (χ2v) is 6.56. The van der Waals surface area contributed by atoms with E-state index >= 15 is 0 Å². The molecule has 0 aliphatic heterocycles. The van der Waals surface area contributed by atoms with E-state index in [4.69, 9.17) is 34.8 Å². The van der Waals surface area contributed by atoms with Crippen LogP contribution >= 0.6 is 34.8 Å². The van der Waals surface area contributed by atoms with Gasteiger partial charge in [0, 0.05) is 13.6 Å². The topological polar surface area (TPSA) is 108 Å². The van der Waals surface area contributed by atoms with Gasteiger partial charge in [0.05, 0.1) is 20.6 Å². The molecule has 1 N–H and O–H groups in total. The molecular weight excluding hydrogens is 417 g/mol. The molecule has 0 spiro atoms. The number of carbonyl (C=O) groups excluding carboxylic acids is 1. The molecule has 0 fully saturated rings. The minimum Gasteiger partial charge on any atom is -0.288 e. The molecule has 0 bridgehead atoms. The van der Waals surface area contributed by atoms with Gasteiger partial charge in [0.15, 0.2) is 5.69 Å². The molecule has 3 rings (SSSR count). The van der Waals surface area contributed by atoms with Crippen LogP contribution in [-0.2, 0) is 13.6 Å². The van der Waals surface area contributed by atoms with Crippen molar-refractivity contribution in [2.24, 2.45) is 7.05 Å². The summed E-state index contributed by atoms with van der Waals surface area (Å²) in [7, 11) is 1.55. The van der Waals surface area contributed by atoms with Crippen LogP contribution in [0.25, 0.3) is 11.1 Å². The average Bonchev–Trinajstić information content (AvgIpc) is 3.03. The number of nitrogens with one attached hydrogen (secondary N) is 1. The van der Waals surface area contributed by atoms with Crippen molar-refractivity contribution in [2.45, 2.75) is 13.5 Å². The number of benzene rings is 1. The van der Waals surface area contributed by atoms with Crippen LogP contribution < -0.4 is 10.9 Å². The molecule has 2 heterocycles. The molecule has 12 heteroatoms. The van der Waals surface area contributed by atoms with E-state index < -0.39 is 11.5 Å². The first-order valence-corrected chi connectivity index (χ1v) is 8.76. The van der Waals surface area contributed by atoms with E-state index in [2.05, 4.69) is 25.9 Å². The summed E-state index contributed by atoms with van der Waals surface area (Å²) in [4.78, 5) is 25.4.